The molecule has 0 saturated heterocycles. The van der Waals surface area contributed by atoms with E-state index in [4.69, 9.17) is 13.9 Å². The summed E-state index contributed by atoms with van der Waals surface area (Å²) in [5, 5.41) is 3.25. The van der Waals surface area contributed by atoms with Crippen LogP contribution in [0.1, 0.15) is 5.69 Å². The van der Waals surface area contributed by atoms with Crippen LogP contribution in [0.4, 0.5) is 0 Å². The van der Waals surface area contributed by atoms with Crippen LogP contribution in [-0.4, -0.2) is 32.4 Å². The second-order valence-electron chi connectivity index (χ2n) is 4.03. The standard InChI is InChI=1S/C14H18N2O3/c1-17-8-7-15-9-13-14(19-10-16-13)11-3-5-12(18-2)6-4-11/h3-6,10,15H,7-9H2,1-2H3. The van der Waals surface area contributed by atoms with Crippen LogP contribution in [-0.2, 0) is 11.3 Å². The van der Waals surface area contributed by atoms with E-state index in [1.165, 1.54) is 6.39 Å². The van der Waals surface area contributed by atoms with Crippen LogP contribution in [0.5, 0.6) is 5.75 Å². The molecular formula is C14H18N2O3. The summed E-state index contributed by atoms with van der Waals surface area (Å²) < 4.78 is 15.6. The summed E-state index contributed by atoms with van der Waals surface area (Å²) in [4.78, 5) is 4.23. The van der Waals surface area contributed by atoms with Gasteiger partial charge < -0.3 is 19.2 Å². The first-order chi connectivity index (χ1) is 9.35. The van der Waals surface area contributed by atoms with Crippen molar-refractivity contribution in [2.45, 2.75) is 6.54 Å². The molecule has 102 valence electrons. The van der Waals surface area contributed by atoms with Crippen LogP contribution >= 0.6 is 0 Å². The van der Waals surface area contributed by atoms with Gasteiger partial charge in [0, 0.05) is 25.8 Å². The Kier molecular flexibility index (Phi) is 4.94. The maximum atomic E-state index is 5.46. The number of rotatable bonds is 7. The number of hydrogen-bond acceptors (Lipinski definition) is 5. The van der Waals surface area contributed by atoms with Gasteiger partial charge in [0.1, 0.15) is 11.4 Å². The van der Waals surface area contributed by atoms with Gasteiger partial charge in [-0.3, -0.25) is 0 Å². The zero-order chi connectivity index (χ0) is 13.5. The van der Waals surface area contributed by atoms with Crippen molar-refractivity contribution in [2.24, 2.45) is 0 Å². The topological polar surface area (TPSA) is 56.5 Å². The van der Waals surface area contributed by atoms with Crippen molar-refractivity contribution < 1.29 is 13.9 Å². The fraction of sp³-hybridized carbons (Fsp3) is 0.357. The van der Waals surface area contributed by atoms with Gasteiger partial charge in [-0.05, 0) is 24.3 Å². The Hall–Kier alpha value is -1.85. The number of oxazole rings is 1. The smallest absolute Gasteiger partial charge is 0.181 e. The molecule has 0 spiro atoms. The minimum absolute atomic E-state index is 0.654. The predicted molar refractivity (Wildman–Crippen MR) is 72.1 cm³/mol. The Morgan fingerprint density at radius 2 is 2.00 bits per heavy atom. The molecule has 19 heavy (non-hydrogen) atoms. The summed E-state index contributed by atoms with van der Waals surface area (Å²) in [7, 11) is 3.33. The van der Waals surface area contributed by atoms with Crippen molar-refractivity contribution in [3.05, 3.63) is 36.4 Å². The molecule has 1 N–H and O–H groups in total. The van der Waals surface area contributed by atoms with E-state index in [0.717, 1.165) is 29.3 Å². The number of methoxy groups -OCH3 is 2. The first-order valence-electron chi connectivity index (χ1n) is 6.11. The average molecular weight is 262 g/mol. The third kappa shape index (κ3) is 3.56. The fourth-order valence-corrected chi connectivity index (χ4v) is 1.75. The van der Waals surface area contributed by atoms with Crippen LogP contribution in [0.25, 0.3) is 11.3 Å². The maximum absolute atomic E-state index is 5.46. The Morgan fingerprint density at radius 1 is 1.21 bits per heavy atom. The molecular weight excluding hydrogens is 244 g/mol. The Labute approximate surface area is 112 Å². The quantitative estimate of drug-likeness (QED) is 0.774. The molecule has 1 aromatic heterocycles. The van der Waals surface area contributed by atoms with E-state index >= 15 is 0 Å². The van der Waals surface area contributed by atoms with Crippen LogP contribution in [0.2, 0.25) is 0 Å². The van der Waals surface area contributed by atoms with E-state index in [1.807, 2.05) is 24.3 Å². The van der Waals surface area contributed by atoms with Crippen LogP contribution < -0.4 is 10.1 Å². The highest BCUT2D eigenvalue weighted by Crippen LogP contribution is 2.25. The molecule has 0 saturated carbocycles. The summed E-state index contributed by atoms with van der Waals surface area (Å²) in [6.45, 7) is 2.11. The van der Waals surface area contributed by atoms with Crippen molar-refractivity contribution in [2.75, 3.05) is 27.4 Å². The molecule has 0 fully saturated rings. The minimum Gasteiger partial charge on any atom is -0.497 e. The molecule has 0 bridgehead atoms. The van der Waals surface area contributed by atoms with E-state index in [9.17, 15) is 0 Å². The molecule has 1 heterocycles. The normalized spacial score (nSPS) is 10.6. The number of aromatic nitrogens is 1. The second kappa shape index (κ2) is 6.92. The van der Waals surface area contributed by atoms with Gasteiger partial charge in [0.2, 0.25) is 0 Å². The van der Waals surface area contributed by atoms with E-state index < -0.39 is 0 Å². The molecule has 2 aromatic rings. The van der Waals surface area contributed by atoms with Gasteiger partial charge in [0.05, 0.1) is 13.7 Å². The van der Waals surface area contributed by atoms with Crippen molar-refractivity contribution in [1.29, 1.82) is 0 Å². The number of nitrogens with one attached hydrogen (secondary N) is 1. The summed E-state index contributed by atoms with van der Waals surface area (Å²) >= 11 is 0. The predicted octanol–water partition coefficient (Wildman–Crippen LogP) is 2.09. The Balaban J connectivity index is 2.05. The fourth-order valence-electron chi connectivity index (χ4n) is 1.75. The highest BCUT2D eigenvalue weighted by Gasteiger charge is 2.10. The van der Waals surface area contributed by atoms with Crippen LogP contribution in [0, 0.1) is 0 Å². The highest BCUT2D eigenvalue weighted by molar-refractivity contribution is 5.60. The molecule has 5 heteroatoms. The molecule has 0 aliphatic carbocycles. The third-order valence-corrected chi connectivity index (χ3v) is 2.77. The van der Waals surface area contributed by atoms with E-state index in [2.05, 4.69) is 10.3 Å². The highest BCUT2D eigenvalue weighted by atomic mass is 16.5. The molecule has 0 aliphatic heterocycles. The van der Waals surface area contributed by atoms with Gasteiger partial charge in [-0.2, -0.15) is 0 Å². The van der Waals surface area contributed by atoms with Crippen LogP contribution in [0.15, 0.2) is 35.1 Å². The van der Waals surface area contributed by atoms with Gasteiger partial charge in [-0.15, -0.1) is 0 Å². The lowest BCUT2D eigenvalue weighted by molar-refractivity contribution is 0.199. The molecule has 2 rings (SSSR count). The lowest BCUT2D eigenvalue weighted by Crippen LogP contribution is -2.19. The van der Waals surface area contributed by atoms with Gasteiger partial charge in [-0.1, -0.05) is 0 Å². The molecule has 0 unspecified atom stereocenters. The second-order valence-corrected chi connectivity index (χ2v) is 4.03. The van der Waals surface area contributed by atoms with E-state index in [0.29, 0.717) is 13.2 Å². The lowest BCUT2D eigenvalue weighted by Gasteiger charge is -2.04. The SMILES string of the molecule is COCCNCc1ncoc1-c1ccc(OC)cc1. The van der Waals surface area contributed by atoms with E-state index in [-0.39, 0.29) is 0 Å². The summed E-state index contributed by atoms with van der Waals surface area (Å²) in [5.41, 5.74) is 1.88. The van der Waals surface area contributed by atoms with Gasteiger partial charge in [-0.25, -0.2) is 4.98 Å². The molecule has 0 amide bonds. The molecule has 5 nitrogen and oxygen atoms in total. The molecule has 0 aliphatic rings. The first kappa shape index (κ1) is 13.6. The van der Waals surface area contributed by atoms with Gasteiger partial charge in [0.15, 0.2) is 12.2 Å². The molecule has 0 atom stereocenters. The van der Waals surface area contributed by atoms with Crippen molar-refractivity contribution in [1.82, 2.24) is 10.3 Å². The Bertz CT molecular complexity index is 494. The maximum Gasteiger partial charge on any atom is 0.181 e. The monoisotopic (exact) mass is 262 g/mol. The minimum atomic E-state index is 0.654. The first-order valence-corrected chi connectivity index (χ1v) is 6.11. The van der Waals surface area contributed by atoms with Crippen molar-refractivity contribution >= 4 is 0 Å². The van der Waals surface area contributed by atoms with Crippen molar-refractivity contribution in [3.8, 4) is 17.1 Å². The molecule has 0 radical (unpaired) electrons. The van der Waals surface area contributed by atoms with Gasteiger partial charge in [0.25, 0.3) is 0 Å². The zero-order valence-corrected chi connectivity index (χ0v) is 11.2. The zero-order valence-electron chi connectivity index (χ0n) is 11.2. The van der Waals surface area contributed by atoms with Crippen LogP contribution in [0.3, 0.4) is 0 Å². The van der Waals surface area contributed by atoms with Crippen molar-refractivity contribution in [3.63, 3.8) is 0 Å². The number of nitrogens with zero attached hydrogens (tertiary/aromatic N) is 1. The molecule has 1 aromatic carbocycles. The number of hydrogen-bond donors (Lipinski definition) is 1. The summed E-state index contributed by atoms with van der Waals surface area (Å²) in [5.74, 6) is 1.61. The summed E-state index contributed by atoms with van der Waals surface area (Å²) in [6, 6.07) is 7.72. The summed E-state index contributed by atoms with van der Waals surface area (Å²) in [6.07, 6.45) is 1.47. The third-order valence-electron chi connectivity index (χ3n) is 2.77. The Morgan fingerprint density at radius 3 is 2.68 bits per heavy atom. The van der Waals surface area contributed by atoms with E-state index in [1.54, 1.807) is 14.2 Å². The number of ether oxygens (including phenoxy) is 2. The van der Waals surface area contributed by atoms with Gasteiger partial charge >= 0.3 is 0 Å². The number of benzene rings is 1. The average Bonchev–Trinajstić information content (AvgIpc) is 2.92. The largest absolute Gasteiger partial charge is 0.497 e. The lowest BCUT2D eigenvalue weighted by atomic mass is 10.1.